The van der Waals surface area contributed by atoms with Crippen LogP contribution in [-0.4, -0.2) is 22.9 Å². The molecular weight excluding hydrogens is 188 g/mol. The van der Waals surface area contributed by atoms with Crippen LogP contribution in [0, 0.1) is 5.41 Å². The number of aliphatic hydroxyl groups excluding tert-OH is 2. The first-order chi connectivity index (χ1) is 7.27. The smallest absolute Gasteiger partial charge is 0.0621 e. The molecule has 0 radical (unpaired) electrons. The van der Waals surface area contributed by atoms with Gasteiger partial charge < -0.3 is 10.2 Å². The van der Waals surface area contributed by atoms with E-state index in [1.54, 1.807) is 0 Å². The van der Waals surface area contributed by atoms with E-state index >= 15 is 0 Å². The third-order valence-corrected chi connectivity index (χ3v) is 3.57. The molecule has 0 heterocycles. The molecular formula is C13H18O2. The normalized spacial score (nSPS) is 30.7. The highest BCUT2D eigenvalue weighted by atomic mass is 16.3. The molecule has 1 saturated carbocycles. The zero-order valence-corrected chi connectivity index (χ0v) is 8.89. The third kappa shape index (κ3) is 2.06. The monoisotopic (exact) mass is 206 g/mol. The molecule has 2 nitrogen and oxygen atoms in total. The molecule has 2 N–H and O–H groups in total. The van der Waals surface area contributed by atoms with Crippen LogP contribution >= 0.6 is 0 Å². The van der Waals surface area contributed by atoms with Crippen LogP contribution in [-0.2, 0) is 6.42 Å². The second kappa shape index (κ2) is 4.33. The molecule has 1 fully saturated rings. The zero-order chi connectivity index (χ0) is 10.7. The summed E-state index contributed by atoms with van der Waals surface area (Å²) in [6.45, 7) is 0.0864. The summed E-state index contributed by atoms with van der Waals surface area (Å²) in [7, 11) is 0. The van der Waals surface area contributed by atoms with E-state index < -0.39 is 0 Å². The Bertz CT molecular complexity index is 310. The van der Waals surface area contributed by atoms with Gasteiger partial charge in [0.2, 0.25) is 0 Å². The van der Waals surface area contributed by atoms with Crippen molar-refractivity contribution in [3.8, 4) is 0 Å². The molecule has 1 aromatic carbocycles. The van der Waals surface area contributed by atoms with Crippen molar-refractivity contribution >= 4 is 0 Å². The minimum Gasteiger partial charge on any atom is -0.396 e. The lowest BCUT2D eigenvalue weighted by Crippen LogP contribution is -2.36. The Kier molecular flexibility index (Phi) is 3.08. The molecule has 1 aliphatic rings. The Hall–Kier alpha value is -0.860. The van der Waals surface area contributed by atoms with Crippen LogP contribution in [0.1, 0.15) is 24.8 Å². The highest BCUT2D eigenvalue weighted by Gasteiger charge is 2.41. The molecule has 0 amide bonds. The maximum Gasteiger partial charge on any atom is 0.0621 e. The number of aliphatic hydroxyl groups is 2. The van der Waals surface area contributed by atoms with Crippen molar-refractivity contribution in [3.63, 3.8) is 0 Å². The summed E-state index contributed by atoms with van der Waals surface area (Å²) >= 11 is 0. The molecule has 0 saturated heterocycles. The van der Waals surface area contributed by atoms with E-state index in [9.17, 15) is 10.2 Å². The summed E-state index contributed by atoms with van der Waals surface area (Å²) in [5.74, 6) is 0. The van der Waals surface area contributed by atoms with Crippen LogP contribution in [0.15, 0.2) is 30.3 Å². The summed E-state index contributed by atoms with van der Waals surface area (Å²) in [6, 6.07) is 10.1. The Morgan fingerprint density at radius 2 is 2.00 bits per heavy atom. The lowest BCUT2D eigenvalue weighted by molar-refractivity contribution is 0.00669. The van der Waals surface area contributed by atoms with Crippen LogP contribution in [0.3, 0.4) is 0 Å². The Labute approximate surface area is 90.6 Å². The van der Waals surface area contributed by atoms with E-state index in [1.165, 1.54) is 5.56 Å². The largest absolute Gasteiger partial charge is 0.396 e. The minimum absolute atomic E-state index is 0.0864. The maximum absolute atomic E-state index is 9.94. The van der Waals surface area contributed by atoms with Crippen molar-refractivity contribution < 1.29 is 10.2 Å². The standard InChI is InChI=1S/C13H18O2/c14-10-13(8-4-7-12(13)15)9-11-5-2-1-3-6-11/h1-3,5-6,12,14-15H,4,7-10H2/t12-,13-/m1/s1. The van der Waals surface area contributed by atoms with Gasteiger partial charge in [0.15, 0.2) is 0 Å². The van der Waals surface area contributed by atoms with Crippen molar-refractivity contribution in [2.75, 3.05) is 6.61 Å². The second-order valence-corrected chi connectivity index (χ2v) is 4.59. The summed E-state index contributed by atoms with van der Waals surface area (Å²) in [4.78, 5) is 0. The zero-order valence-electron chi connectivity index (χ0n) is 8.89. The van der Waals surface area contributed by atoms with E-state index in [4.69, 9.17) is 0 Å². The number of benzene rings is 1. The van der Waals surface area contributed by atoms with Gasteiger partial charge in [0, 0.05) is 5.41 Å². The SMILES string of the molecule is OC[C@]1(Cc2ccccc2)CCC[C@H]1O. The van der Waals surface area contributed by atoms with E-state index in [0.29, 0.717) is 0 Å². The molecule has 2 heteroatoms. The van der Waals surface area contributed by atoms with Crippen molar-refractivity contribution in [3.05, 3.63) is 35.9 Å². The van der Waals surface area contributed by atoms with Gasteiger partial charge in [0.05, 0.1) is 12.7 Å². The van der Waals surface area contributed by atoms with Gasteiger partial charge in [-0.1, -0.05) is 36.8 Å². The van der Waals surface area contributed by atoms with E-state index in [-0.39, 0.29) is 18.1 Å². The Balaban J connectivity index is 2.15. The first kappa shape index (κ1) is 10.7. The quantitative estimate of drug-likeness (QED) is 0.791. The number of hydrogen-bond acceptors (Lipinski definition) is 2. The van der Waals surface area contributed by atoms with Crippen LogP contribution in [0.4, 0.5) is 0 Å². The van der Waals surface area contributed by atoms with Crippen LogP contribution in [0.25, 0.3) is 0 Å². The fourth-order valence-corrected chi connectivity index (χ4v) is 2.57. The predicted molar refractivity (Wildman–Crippen MR) is 59.5 cm³/mol. The van der Waals surface area contributed by atoms with Gasteiger partial charge in [-0.3, -0.25) is 0 Å². The molecule has 1 aliphatic carbocycles. The van der Waals surface area contributed by atoms with Gasteiger partial charge >= 0.3 is 0 Å². The maximum atomic E-state index is 9.94. The van der Waals surface area contributed by atoms with Crippen LogP contribution in [0.5, 0.6) is 0 Å². The second-order valence-electron chi connectivity index (χ2n) is 4.59. The topological polar surface area (TPSA) is 40.5 Å². The van der Waals surface area contributed by atoms with E-state index in [0.717, 1.165) is 25.7 Å². The van der Waals surface area contributed by atoms with Gasteiger partial charge in [-0.2, -0.15) is 0 Å². The lowest BCUT2D eigenvalue weighted by Gasteiger charge is -2.30. The lowest BCUT2D eigenvalue weighted by atomic mass is 9.79. The van der Waals surface area contributed by atoms with Crippen molar-refractivity contribution in [2.45, 2.75) is 31.8 Å². The molecule has 0 spiro atoms. The van der Waals surface area contributed by atoms with E-state index in [1.807, 2.05) is 18.2 Å². The summed E-state index contributed by atoms with van der Waals surface area (Å²) in [6.07, 6.45) is 3.22. The average molecular weight is 206 g/mol. The van der Waals surface area contributed by atoms with Crippen molar-refractivity contribution in [1.82, 2.24) is 0 Å². The van der Waals surface area contributed by atoms with Crippen molar-refractivity contribution in [1.29, 1.82) is 0 Å². The molecule has 0 aromatic heterocycles. The van der Waals surface area contributed by atoms with Crippen LogP contribution < -0.4 is 0 Å². The molecule has 0 unspecified atom stereocenters. The Morgan fingerprint density at radius 1 is 1.27 bits per heavy atom. The molecule has 0 bridgehead atoms. The number of hydrogen-bond donors (Lipinski definition) is 2. The summed E-state index contributed by atoms with van der Waals surface area (Å²) in [5, 5.41) is 19.4. The van der Waals surface area contributed by atoms with Crippen LogP contribution in [0.2, 0.25) is 0 Å². The fourth-order valence-electron chi connectivity index (χ4n) is 2.57. The number of rotatable bonds is 3. The third-order valence-electron chi connectivity index (χ3n) is 3.57. The molecule has 0 aliphatic heterocycles. The molecule has 82 valence electrons. The van der Waals surface area contributed by atoms with Gasteiger partial charge in [0.25, 0.3) is 0 Å². The minimum atomic E-state index is -0.345. The average Bonchev–Trinajstić information content (AvgIpc) is 2.62. The molecule has 1 aromatic rings. The highest BCUT2D eigenvalue weighted by Crippen LogP contribution is 2.40. The van der Waals surface area contributed by atoms with Gasteiger partial charge in [-0.15, -0.1) is 0 Å². The Morgan fingerprint density at radius 3 is 2.53 bits per heavy atom. The van der Waals surface area contributed by atoms with Gasteiger partial charge in [-0.25, -0.2) is 0 Å². The predicted octanol–water partition coefficient (Wildman–Crippen LogP) is 1.75. The summed E-state index contributed by atoms with van der Waals surface area (Å²) in [5.41, 5.74) is 0.911. The first-order valence-corrected chi connectivity index (χ1v) is 5.60. The van der Waals surface area contributed by atoms with Crippen molar-refractivity contribution in [2.24, 2.45) is 5.41 Å². The molecule has 2 atom stereocenters. The van der Waals surface area contributed by atoms with E-state index in [2.05, 4.69) is 12.1 Å². The highest BCUT2D eigenvalue weighted by molar-refractivity contribution is 5.17. The fraction of sp³-hybridized carbons (Fsp3) is 0.538. The first-order valence-electron chi connectivity index (χ1n) is 5.60. The molecule has 2 rings (SSSR count). The van der Waals surface area contributed by atoms with Gasteiger partial charge in [0.1, 0.15) is 0 Å². The molecule has 15 heavy (non-hydrogen) atoms. The van der Waals surface area contributed by atoms with Gasteiger partial charge in [-0.05, 0) is 24.8 Å². The summed E-state index contributed by atoms with van der Waals surface area (Å²) < 4.78 is 0.